The quantitative estimate of drug-likeness (QED) is 0.115. The normalized spacial score (nSPS) is 19.0. The molecule has 4 aromatic carbocycles. The summed E-state index contributed by atoms with van der Waals surface area (Å²) in [5.74, 6) is -12.8. The largest absolute Gasteiger partial charge is 0.392 e. The van der Waals surface area contributed by atoms with Crippen molar-refractivity contribution >= 4 is 11.6 Å². The van der Waals surface area contributed by atoms with Crippen molar-refractivity contribution in [3.63, 3.8) is 0 Å². The summed E-state index contributed by atoms with van der Waals surface area (Å²) in [4.78, 5) is 14.8. The number of halogens is 5. The fourth-order valence-electron chi connectivity index (χ4n) is 5.26. The van der Waals surface area contributed by atoms with Crippen LogP contribution in [0.2, 0.25) is 0 Å². The first kappa shape index (κ1) is 32.2. The van der Waals surface area contributed by atoms with E-state index in [1.165, 1.54) is 18.2 Å². The van der Waals surface area contributed by atoms with E-state index < -0.39 is 53.0 Å². The fraction of sp³-hybridized carbons (Fsp3) is 0.265. The molecule has 0 bridgehead atoms. The lowest BCUT2D eigenvalue weighted by molar-refractivity contribution is -0.253. The van der Waals surface area contributed by atoms with Gasteiger partial charge in [0, 0.05) is 30.3 Å². The summed E-state index contributed by atoms with van der Waals surface area (Å²) in [6.07, 6.45) is -1.14. The number of carbonyl (C=O) groups is 1. The number of anilines is 1. The molecule has 6 nitrogen and oxygen atoms in total. The van der Waals surface area contributed by atoms with Gasteiger partial charge in [-0.2, -0.15) is 0 Å². The van der Waals surface area contributed by atoms with Gasteiger partial charge in [-0.1, -0.05) is 66.7 Å². The average molecular weight is 627 g/mol. The molecule has 0 unspecified atom stereocenters. The number of carbonyl (C=O) groups excluding carboxylic acids is 1. The number of nitrogens with zero attached hydrogens (tertiary/aromatic N) is 1. The minimum Gasteiger partial charge on any atom is -0.392 e. The molecule has 1 saturated heterocycles. The van der Waals surface area contributed by atoms with Gasteiger partial charge in [-0.15, -0.1) is 0 Å². The number of nitrogens with one attached hydrogen (secondary N) is 1. The summed E-state index contributed by atoms with van der Waals surface area (Å²) in [6.45, 7) is 2.53. The molecule has 1 heterocycles. The lowest BCUT2D eigenvalue weighted by atomic mass is 9.99. The van der Waals surface area contributed by atoms with Crippen molar-refractivity contribution in [2.24, 2.45) is 0 Å². The van der Waals surface area contributed by atoms with Gasteiger partial charge >= 0.3 is 0 Å². The number of aliphatic hydroxyl groups is 1. The highest BCUT2D eigenvalue weighted by atomic mass is 19.2. The van der Waals surface area contributed by atoms with Crippen LogP contribution >= 0.6 is 0 Å². The fourth-order valence-corrected chi connectivity index (χ4v) is 5.26. The van der Waals surface area contributed by atoms with E-state index in [4.69, 9.17) is 9.47 Å². The van der Waals surface area contributed by atoms with Crippen molar-refractivity contribution in [2.75, 3.05) is 18.9 Å². The van der Waals surface area contributed by atoms with Crippen molar-refractivity contribution < 1.29 is 41.3 Å². The first-order valence-corrected chi connectivity index (χ1v) is 14.3. The topological polar surface area (TPSA) is 71.0 Å². The van der Waals surface area contributed by atoms with Crippen LogP contribution in [0.15, 0.2) is 78.9 Å². The molecule has 0 radical (unpaired) electrons. The summed E-state index contributed by atoms with van der Waals surface area (Å²) in [6, 6.07) is 23.5. The monoisotopic (exact) mass is 626 g/mol. The molecule has 11 heteroatoms. The lowest BCUT2D eigenvalue weighted by Gasteiger charge is -2.39. The van der Waals surface area contributed by atoms with Crippen LogP contribution in [0.3, 0.4) is 0 Å². The molecule has 1 aliphatic heterocycles. The Morgan fingerprint density at radius 2 is 1.51 bits per heavy atom. The third kappa shape index (κ3) is 7.07. The number of rotatable bonds is 9. The molecule has 1 fully saturated rings. The molecule has 45 heavy (non-hydrogen) atoms. The van der Waals surface area contributed by atoms with Gasteiger partial charge < -0.3 is 19.9 Å². The van der Waals surface area contributed by atoms with Gasteiger partial charge in [0.05, 0.1) is 18.8 Å². The molecule has 2 N–H and O–H groups in total. The second-order valence-corrected chi connectivity index (χ2v) is 10.9. The SMILES string of the molecule is C[C@@H](c1ccccc1)N(C)C[C@H]1C[C@@H](c2ccc(CO)cc2)O[C@@H](c2cccc(NC(=O)c3c(F)c(F)c(F)c(F)c3F)c2)O1. The van der Waals surface area contributed by atoms with Crippen LogP contribution in [0.25, 0.3) is 0 Å². The van der Waals surface area contributed by atoms with E-state index in [1.807, 2.05) is 49.5 Å². The Morgan fingerprint density at radius 1 is 0.867 bits per heavy atom. The molecule has 1 aliphatic rings. The predicted molar refractivity (Wildman–Crippen MR) is 157 cm³/mol. The third-order valence-electron chi connectivity index (χ3n) is 7.90. The summed E-state index contributed by atoms with van der Waals surface area (Å²) < 4.78 is 82.1. The van der Waals surface area contributed by atoms with E-state index in [0.717, 1.165) is 16.7 Å². The van der Waals surface area contributed by atoms with E-state index >= 15 is 0 Å². The second kappa shape index (κ2) is 13.9. The molecule has 0 aliphatic carbocycles. The number of hydrogen-bond acceptors (Lipinski definition) is 5. The molecule has 4 aromatic rings. The zero-order valence-corrected chi connectivity index (χ0v) is 24.4. The van der Waals surface area contributed by atoms with Crippen LogP contribution in [-0.2, 0) is 16.1 Å². The second-order valence-electron chi connectivity index (χ2n) is 10.9. The highest BCUT2D eigenvalue weighted by molar-refractivity contribution is 6.04. The van der Waals surface area contributed by atoms with E-state index in [1.54, 1.807) is 18.2 Å². The molecule has 0 saturated carbocycles. The van der Waals surface area contributed by atoms with Crippen molar-refractivity contribution in [3.05, 3.63) is 136 Å². The highest BCUT2D eigenvalue weighted by Crippen LogP contribution is 2.39. The van der Waals surface area contributed by atoms with Crippen LogP contribution in [0.4, 0.5) is 27.6 Å². The molecule has 0 spiro atoms. The Hall–Kier alpha value is -4.16. The van der Waals surface area contributed by atoms with E-state index in [9.17, 15) is 31.9 Å². The summed E-state index contributed by atoms with van der Waals surface area (Å²) in [7, 11) is 1.99. The third-order valence-corrected chi connectivity index (χ3v) is 7.90. The van der Waals surface area contributed by atoms with Crippen LogP contribution in [0, 0.1) is 29.1 Å². The van der Waals surface area contributed by atoms with Crippen molar-refractivity contribution in [1.29, 1.82) is 0 Å². The van der Waals surface area contributed by atoms with Gasteiger partial charge in [0.2, 0.25) is 5.82 Å². The van der Waals surface area contributed by atoms with Gasteiger partial charge in [0.15, 0.2) is 29.6 Å². The first-order valence-electron chi connectivity index (χ1n) is 14.3. The number of hydrogen-bond donors (Lipinski definition) is 2. The van der Waals surface area contributed by atoms with Crippen LogP contribution in [0.5, 0.6) is 0 Å². The minimum absolute atomic E-state index is 0.0226. The Kier molecular flexibility index (Phi) is 9.93. The molecular formula is C34H31F5N2O4. The number of ether oxygens (including phenoxy) is 2. The standard InChI is InChI=1S/C34H31F5N2O4/c1-19(21-7-4-3-5-8-21)41(2)17-25-16-26(22-13-11-20(18-42)12-14-22)45-34(44-25)23-9-6-10-24(15-23)40-33(43)27-28(35)30(37)32(39)31(38)29(27)36/h3-15,19,25-26,34,42H,16-18H2,1-2H3,(H,40,43)/t19-,25+,26-,34-/m0/s1. The molecule has 236 valence electrons. The Bertz CT molecular complexity index is 1630. The first-order chi connectivity index (χ1) is 21.6. The average Bonchev–Trinajstić information content (AvgIpc) is 3.06. The minimum atomic E-state index is -2.35. The smallest absolute Gasteiger partial charge is 0.261 e. The highest BCUT2D eigenvalue weighted by Gasteiger charge is 2.34. The van der Waals surface area contributed by atoms with Crippen LogP contribution in [0.1, 0.15) is 64.4 Å². The predicted octanol–water partition coefficient (Wildman–Crippen LogP) is 7.37. The lowest BCUT2D eigenvalue weighted by Crippen LogP contribution is -2.38. The van der Waals surface area contributed by atoms with Crippen LogP contribution in [-0.4, -0.2) is 35.6 Å². The van der Waals surface area contributed by atoms with Gasteiger partial charge in [0.1, 0.15) is 5.56 Å². The van der Waals surface area contributed by atoms with E-state index in [-0.39, 0.29) is 24.4 Å². The zero-order valence-electron chi connectivity index (χ0n) is 24.4. The number of benzene rings is 4. The maximum atomic E-state index is 14.3. The number of likely N-dealkylation sites (N-methyl/N-ethyl adjacent to an activating group) is 1. The maximum Gasteiger partial charge on any atom is 0.261 e. The van der Waals surface area contributed by atoms with Crippen molar-refractivity contribution in [2.45, 2.75) is 44.5 Å². The summed E-state index contributed by atoms with van der Waals surface area (Å²) in [5.41, 5.74) is 1.62. The number of amides is 1. The molecule has 4 atom stereocenters. The summed E-state index contributed by atoms with van der Waals surface area (Å²) in [5, 5.41) is 11.7. The Labute approximate surface area is 257 Å². The summed E-state index contributed by atoms with van der Waals surface area (Å²) >= 11 is 0. The molecular weight excluding hydrogens is 595 g/mol. The van der Waals surface area contributed by atoms with Crippen molar-refractivity contribution in [3.8, 4) is 0 Å². The Morgan fingerprint density at radius 3 is 2.16 bits per heavy atom. The van der Waals surface area contributed by atoms with Gasteiger partial charge in [0.25, 0.3) is 5.91 Å². The van der Waals surface area contributed by atoms with Crippen molar-refractivity contribution in [1.82, 2.24) is 4.90 Å². The van der Waals surface area contributed by atoms with E-state index in [2.05, 4.69) is 17.1 Å². The molecule has 0 aromatic heterocycles. The Balaban J connectivity index is 1.39. The molecule has 1 amide bonds. The van der Waals surface area contributed by atoms with Gasteiger partial charge in [-0.25, -0.2) is 22.0 Å². The van der Waals surface area contributed by atoms with Crippen LogP contribution < -0.4 is 5.32 Å². The van der Waals surface area contributed by atoms with Gasteiger partial charge in [-0.05, 0) is 42.8 Å². The maximum absolute atomic E-state index is 14.3. The van der Waals surface area contributed by atoms with E-state index in [0.29, 0.717) is 18.5 Å². The van der Waals surface area contributed by atoms with Gasteiger partial charge in [-0.3, -0.25) is 9.69 Å². The number of aliphatic hydroxyl groups excluding tert-OH is 1. The molecule has 5 rings (SSSR count). The zero-order chi connectivity index (χ0) is 32.2.